The van der Waals surface area contributed by atoms with E-state index in [9.17, 15) is 4.79 Å². The zero-order chi connectivity index (χ0) is 11.1. The molecule has 1 aromatic heterocycles. The van der Waals surface area contributed by atoms with Gasteiger partial charge in [-0.2, -0.15) is 12.6 Å². The van der Waals surface area contributed by atoms with Crippen molar-refractivity contribution in [2.45, 2.75) is 32.2 Å². The molecule has 15 heavy (non-hydrogen) atoms. The van der Waals surface area contributed by atoms with Gasteiger partial charge < -0.3 is 9.73 Å². The van der Waals surface area contributed by atoms with E-state index in [2.05, 4.69) is 17.9 Å². The van der Waals surface area contributed by atoms with Crippen LogP contribution in [0.1, 0.15) is 25.5 Å². The summed E-state index contributed by atoms with van der Waals surface area (Å²) in [4.78, 5) is 11.2. The number of carbonyl (C=O) groups excluding carboxylic acids is 1. The fourth-order valence-electron chi connectivity index (χ4n) is 1.33. The number of carbonyl (C=O) groups is 1. The van der Waals surface area contributed by atoms with Crippen LogP contribution in [0.5, 0.6) is 0 Å². The van der Waals surface area contributed by atoms with E-state index in [-0.39, 0.29) is 11.9 Å². The zero-order valence-corrected chi connectivity index (χ0v) is 9.80. The van der Waals surface area contributed by atoms with Crippen molar-refractivity contribution in [2.75, 3.05) is 5.75 Å². The number of rotatable bonds is 6. The molecule has 0 saturated heterocycles. The van der Waals surface area contributed by atoms with Crippen LogP contribution < -0.4 is 5.32 Å². The molecule has 1 heterocycles. The van der Waals surface area contributed by atoms with Crippen LogP contribution in [0.4, 0.5) is 0 Å². The summed E-state index contributed by atoms with van der Waals surface area (Å²) < 4.78 is 5.21. The fourth-order valence-corrected chi connectivity index (χ4v) is 1.54. The Kier molecular flexibility index (Phi) is 5.32. The monoisotopic (exact) mass is 227 g/mol. The van der Waals surface area contributed by atoms with E-state index in [1.54, 1.807) is 6.26 Å². The summed E-state index contributed by atoms with van der Waals surface area (Å²) in [5, 5.41) is 2.91. The van der Waals surface area contributed by atoms with Gasteiger partial charge in [-0.3, -0.25) is 4.79 Å². The molecule has 3 nitrogen and oxygen atoms in total. The van der Waals surface area contributed by atoms with Crippen molar-refractivity contribution in [3.8, 4) is 0 Å². The van der Waals surface area contributed by atoms with Gasteiger partial charge in [0, 0.05) is 18.9 Å². The van der Waals surface area contributed by atoms with Gasteiger partial charge in [0.25, 0.3) is 0 Å². The van der Waals surface area contributed by atoms with Crippen LogP contribution in [0.25, 0.3) is 0 Å². The summed E-state index contributed by atoms with van der Waals surface area (Å²) in [5.41, 5.74) is 0. The molecule has 0 spiro atoms. The minimum absolute atomic E-state index is 0.0666. The smallest absolute Gasteiger partial charge is 0.221 e. The number of amides is 1. The third-order valence-electron chi connectivity index (χ3n) is 2.15. The molecule has 4 heteroatoms. The lowest BCUT2D eigenvalue weighted by molar-refractivity contribution is -0.121. The molecule has 84 valence electrons. The molecule has 0 radical (unpaired) electrons. The van der Waals surface area contributed by atoms with E-state index in [4.69, 9.17) is 4.42 Å². The Balaban J connectivity index is 2.18. The van der Waals surface area contributed by atoms with E-state index in [1.165, 1.54) is 0 Å². The number of hydrogen-bond donors (Lipinski definition) is 2. The van der Waals surface area contributed by atoms with Crippen molar-refractivity contribution in [3.05, 3.63) is 24.2 Å². The standard InChI is InChI=1S/C11H17NO2S/c1-9(12-11(13)6-8-15)4-5-10-3-2-7-14-10/h2-3,7,9,15H,4-6,8H2,1H3,(H,12,13). The second kappa shape index (κ2) is 6.56. The number of nitrogens with one attached hydrogen (secondary N) is 1. The molecule has 0 fully saturated rings. The number of thiol groups is 1. The van der Waals surface area contributed by atoms with Gasteiger partial charge in [-0.15, -0.1) is 0 Å². The SMILES string of the molecule is CC(CCc1ccco1)NC(=O)CCS. The third-order valence-corrected chi connectivity index (χ3v) is 2.37. The van der Waals surface area contributed by atoms with E-state index in [1.807, 2.05) is 19.1 Å². The topological polar surface area (TPSA) is 42.2 Å². The molecule has 1 N–H and O–H groups in total. The number of furan rings is 1. The lowest BCUT2D eigenvalue weighted by Gasteiger charge is -2.12. The van der Waals surface area contributed by atoms with Crippen molar-refractivity contribution in [2.24, 2.45) is 0 Å². The molecule has 1 aromatic rings. The van der Waals surface area contributed by atoms with Gasteiger partial charge in [-0.05, 0) is 31.2 Å². The Hall–Kier alpha value is -0.900. The summed E-state index contributed by atoms with van der Waals surface area (Å²) >= 11 is 4.01. The number of aryl methyl sites for hydroxylation is 1. The third kappa shape index (κ3) is 4.93. The van der Waals surface area contributed by atoms with Gasteiger partial charge >= 0.3 is 0 Å². The number of hydrogen-bond acceptors (Lipinski definition) is 3. The fraction of sp³-hybridized carbons (Fsp3) is 0.545. The van der Waals surface area contributed by atoms with Gasteiger partial charge in [0.15, 0.2) is 0 Å². The Morgan fingerprint density at radius 1 is 1.67 bits per heavy atom. The summed E-state index contributed by atoms with van der Waals surface area (Å²) in [5.74, 6) is 1.62. The second-order valence-corrected chi connectivity index (χ2v) is 4.01. The second-order valence-electron chi connectivity index (χ2n) is 3.56. The van der Waals surface area contributed by atoms with Crippen molar-refractivity contribution in [1.82, 2.24) is 5.32 Å². The van der Waals surface area contributed by atoms with Gasteiger partial charge in [-0.1, -0.05) is 0 Å². The van der Waals surface area contributed by atoms with Gasteiger partial charge in [0.05, 0.1) is 6.26 Å². The molecule has 0 aliphatic heterocycles. The van der Waals surface area contributed by atoms with Crippen LogP contribution in [0.2, 0.25) is 0 Å². The Bertz CT molecular complexity index is 285. The first-order chi connectivity index (χ1) is 7.22. The van der Waals surface area contributed by atoms with E-state index >= 15 is 0 Å². The predicted molar refractivity (Wildman–Crippen MR) is 63.1 cm³/mol. The van der Waals surface area contributed by atoms with Crippen LogP contribution in [-0.4, -0.2) is 17.7 Å². The van der Waals surface area contributed by atoms with Gasteiger partial charge in [0.2, 0.25) is 5.91 Å². The maximum absolute atomic E-state index is 11.2. The van der Waals surface area contributed by atoms with Crippen LogP contribution in [0, 0.1) is 0 Å². The molecular formula is C11H17NO2S. The van der Waals surface area contributed by atoms with E-state index < -0.39 is 0 Å². The molecule has 0 aliphatic rings. The summed E-state index contributed by atoms with van der Waals surface area (Å²) in [6, 6.07) is 4.00. The van der Waals surface area contributed by atoms with Crippen molar-refractivity contribution >= 4 is 18.5 Å². The lowest BCUT2D eigenvalue weighted by Crippen LogP contribution is -2.32. The van der Waals surface area contributed by atoms with Crippen LogP contribution >= 0.6 is 12.6 Å². The van der Waals surface area contributed by atoms with Crippen molar-refractivity contribution in [3.63, 3.8) is 0 Å². The van der Waals surface area contributed by atoms with E-state index in [0.29, 0.717) is 12.2 Å². The average molecular weight is 227 g/mol. The molecule has 1 atom stereocenters. The van der Waals surface area contributed by atoms with Crippen molar-refractivity contribution < 1.29 is 9.21 Å². The molecule has 1 rings (SSSR count). The Morgan fingerprint density at radius 2 is 2.47 bits per heavy atom. The minimum atomic E-state index is 0.0666. The molecular weight excluding hydrogens is 210 g/mol. The first-order valence-corrected chi connectivity index (χ1v) is 5.78. The molecule has 0 aliphatic carbocycles. The maximum atomic E-state index is 11.2. The highest BCUT2D eigenvalue weighted by molar-refractivity contribution is 7.80. The highest BCUT2D eigenvalue weighted by Crippen LogP contribution is 2.05. The predicted octanol–water partition coefficient (Wildman–Crippen LogP) is 2.04. The molecule has 1 unspecified atom stereocenters. The Labute approximate surface area is 95.6 Å². The average Bonchev–Trinajstić information content (AvgIpc) is 2.67. The van der Waals surface area contributed by atoms with Crippen molar-refractivity contribution in [1.29, 1.82) is 0 Å². The van der Waals surface area contributed by atoms with Crippen LogP contribution in [0.15, 0.2) is 22.8 Å². The summed E-state index contributed by atoms with van der Waals surface area (Å²) in [7, 11) is 0. The highest BCUT2D eigenvalue weighted by atomic mass is 32.1. The largest absolute Gasteiger partial charge is 0.469 e. The molecule has 0 aromatic carbocycles. The first kappa shape index (κ1) is 12.2. The highest BCUT2D eigenvalue weighted by Gasteiger charge is 2.07. The zero-order valence-electron chi connectivity index (χ0n) is 8.90. The summed E-state index contributed by atoms with van der Waals surface area (Å²) in [6.45, 7) is 2.00. The summed E-state index contributed by atoms with van der Waals surface area (Å²) in [6.07, 6.45) is 3.90. The molecule has 0 saturated carbocycles. The van der Waals surface area contributed by atoms with Crippen LogP contribution in [0.3, 0.4) is 0 Å². The lowest BCUT2D eigenvalue weighted by atomic mass is 10.1. The molecule has 0 bridgehead atoms. The quantitative estimate of drug-likeness (QED) is 0.730. The Morgan fingerprint density at radius 3 is 3.07 bits per heavy atom. The van der Waals surface area contributed by atoms with Gasteiger partial charge in [0.1, 0.15) is 5.76 Å². The normalized spacial score (nSPS) is 12.4. The maximum Gasteiger partial charge on any atom is 0.221 e. The van der Waals surface area contributed by atoms with Gasteiger partial charge in [-0.25, -0.2) is 0 Å². The van der Waals surface area contributed by atoms with E-state index in [0.717, 1.165) is 18.6 Å². The van der Waals surface area contributed by atoms with Crippen LogP contribution in [-0.2, 0) is 11.2 Å². The molecule has 1 amide bonds. The first-order valence-electron chi connectivity index (χ1n) is 5.15. The minimum Gasteiger partial charge on any atom is -0.469 e.